The summed E-state index contributed by atoms with van der Waals surface area (Å²) in [4.78, 5) is 26.2. The molecule has 0 aliphatic carbocycles. The molecule has 12 heteroatoms. The molecule has 2 aromatic rings. The van der Waals surface area contributed by atoms with Gasteiger partial charge in [-0.25, -0.2) is 15.3 Å². The first-order valence-corrected chi connectivity index (χ1v) is 9.66. The van der Waals surface area contributed by atoms with E-state index in [0.717, 1.165) is 0 Å². The van der Waals surface area contributed by atoms with Crippen molar-refractivity contribution < 1.29 is 32.6 Å². The number of piperidine rings is 1. The number of hydroxylamine groups is 1. The molecule has 172 valence electrons. The van der Waals surface area contributed by atoms with Crippen LogP contribution in [-0.2, 0) is 0 Å². The highest BCUT2D eigenvalue weighted by Crippen LogP contribution is 2.25. The van der Waals surface area contributed by atoms with Gasteiger partial charge in [-0.05, 0) is 44.0 Å². The Balaban J connectivity index is 1.56. The fraction of sp³-hybridized carbons (Fsp3) is 0.350. The quantitative estimate of drug-likeness (QED) is 0.544. The number of halogens is 3. The van der Waals surface area contributed by atoms with Crippen molar-refractivity contribution in [2.75, 3.05) is 18.4 Å². The molecule has 1 saturated heterocycles. The molecule has 3 rings (SSSR count). The van der Waals surface area contributed by atoms with Gasteiger partial charge in [-0.2, -0.15) is 4.98 Å². The molecule has 2 heterocycles. The van der Waals surface area contributed by atoms with Crippen LogP contribution >= 0.6 is 0 Å². The van der Waals surface area contributed by atoms with E-state index in [4.69, 9.17) is 9.94 Å². The number of carbonyl (C=O) groups is 1. The Morgan fingerprint density at radius 2 is 1.88 bits per heavy atom. The van der Waals surface area contributed by atoms with Gasteiger partial charge in [-0.3, -0.25) is 0 Å². The average molecular weight is 453 g/mol. The molecule has 0 saturated carbocycles. The van der Waals surface area contributed by atoms with Crippen LogP contribution < -0.4 is 20.4 Å². The maximum Gasteiger partial charge on any atom is 0.573 e. The van der Waals surface area contributed by atoms with Gasteiger partial charge in [0.2, 0.25) is 0 Å². The van der Waals surface area contributed by atoms with Crippen molar-refractivity contribution in [1.82, 2.24) is 20.3 Å². The monoisotopic (exact) mass is 453 g/mol. The second-order valence-electron chi connectivity index (χ2n) is 7.10. The van der Waals surface area contributed by atoms with Crippen LogP contribution in [-0.4, -0.2) is 51.6 Å². The molecule has 1 aliphatic heterocycles. The number of anilines is 1. The Morgan fingerprint density at radius 1 is 1.22 bits per heavy atom. The van der Waals surface area contributed by atoms with E-state index in [1.807, 2.05) is 0 Å². The number of rotatable bonds is 7. The Bertz CT molecular complexity index is 961. The number of carboxylic acid groups (broad SMARTS) is 1. The fourth-order valence-corrected chi connectivity index (χ4v) is 3.12. The highest BCUT2D eigenvalue weighted by molar-refractivity contribution is 5.65. The van der Waals surface area contributed by atoms with E-state index in [0.29, 0.717) is 48.6 Å². The Hall–Kier alpha value is -3.70. The highest BCUT2D eigenvalue weighted by atomic mass is 19.4. The van der Waals surface area contributed by atoms with Crippen LogP contribution in [0, 0.1) is 6.92 Å². The van der Waals surface area contributed by atoms with Crippen molar-refractivity contribution in [2.45, 2.75) is 32.2 Å². The van der Waals surface area contributed by atoms with Crippen LogP contribution in [0.25, 0.3) is 5.70 Å². The second kappa shape index (κ2) is 9.62. The fourth-order valence-electron chi connectivity index (χ4n) is 3.12. The standard InChI is InChI=1S/C20H22F3N5O4/c1-12-17(26-15-7-9-28(10-8-15)19(29)30)24-11-25-18(12)32-27-13(2)14-3-5-16(6-4-14)31-20(21,22)23/h3-6,11,15,27H,2,7-10H2,1H3,(H,29,30)(H,24,25,26). The largest absolute Gasteiger partial charge is 0.573 e. The topological polar surface area (TPSA) is 109 Å². The lowest BCUT2D eigenvalue weighted by molar-refractivity contribution is -0.274. The number of aromatic nitrogens is 2. The summed E-state index contributed by atoms with van der Waals surface area (Å²) in [5.41, 5.74) is 4.05. The van der Waals surface area contributed by atoms with Crippen LogP contribution in [0.2, 0.25) is 0 Å². The molecule has 1 fully saturated rings. The number of likely N-dealkylation sites (tertiary alicyclic amines) is 1. The van der Waals surface area contributed by atoms with Crippen molar-refractivity contribution in [3.63, 3.8) is 0 Å². The summed E-state index contributed by atoms with van der Waals surface area (Å²) in [5.74, 6) is 0.458. The van der Waals surface area contributed by atoms with E-state index in [1.165, 1.54) is 35.5 Å². The van der Waals surface area contributed by atoms with E-state index >= 15 is 0 Å². The van der Waals surface area contributed by atoms with Crippen LogP contribution in [0.3, 0.4) is 0 Å². The zero-order valence-corrected chi connectivity index (χ0v) is 17.1. The number of alkyl halides is 3. The Morgan fingerprint density at radius 3 is 2.47 bits per heavy atom. The number of hydrogen-bond donors (Lipinski definition) is 3. The zero-order valence-electron chi connectivity index (χ0n) is 17.1. The summed E-state index contributed by atoms with van der Waals surface area (Å²) < 4.78 is 40.6. The summed E-state index contributed by atoms with van der Waals surface area (Å²) >= 11 is 0. The van der Waals surface area contributed by atoms with Gasteiger partial charge in [0, 0.05) is 24.7 Å². The van der Waals surface area contributed by atoms with Crippen molar-refractivity contribution in [3.8, 4) is 11.6 Å². The maximum atomic E-state index is 12.3. The molecular weight excluding hydrogens is 431 g/mol. The number of nitrogens with one attached hydrogen (secondary N) is 2. The predicted octanol–water partition coefficient (Wildman–Crippen LogP) is 3.79. The average Bonchev–Trinajstić information content (AvgIpc) is 2.74. The SMILES string of the molecule is C=C(NOc1ncnc(NC2CCN(C(=O)O)CC2)c1C)c1ccc(OC(F)(F)F)cc1. The molecule has 9 nitrogen and oxygen atoms in total. The minimum absolute atomic E-state index is 0.0624. The zero-order chi connectivity index (χ0) is 23.3. The first-order chi connectivity index (χ1) is 15.1. The molecule has 1 aromatic heterocycles. The predicted molar refractivity (Wildman–Crippen MR) is 109 cm³/mol. The van der Waals surface area contributed by atoms with E-state index in [1.54, 1.807) is 6.92 Å². The molecule has 0 unspecified atom stereocenters. The molecule has 3 N–H and O–H groups in total. The van der Waals surface area contributed by atoms with E-state index in [9.17, 15) is 18.0 Å². The minimum atomic E-state index is -4.76. The number of amides is 1. The molecule has 0 atom stereocenters. The molecule has 1 aromatic carbocycles. The summed E-state index contributed by atoms with van der Waals surface area (Å²) in [6, 6.07) is 5.21. The maximum absolute atomic E-state index is 12.3. The van der Waals surface area contributed by atoms with Gasteiger partial charge in [0.15, 0.2) is 0 Å². The second-order valence-corrected chi connectivity index (χ2v) is 7.10. The third-order valence-electron chi connectivity index (χ3n) is 4.85. The normalized spacial score (nSPS) is 14.6. The highest BCUT2D eigenvalue weighted by Gasteiger charge is 2.31. The minimum Gasteiger partial charge on any atom is -0.465 e. The molecule has 1 aliphatic rings. The lowest BCUT2D eigenvalue weighted by Crippen LogP contribution is -2.41. The third kappa shape index (κ3) is 6.15. The summed E-state index contributed by atoms with van der Waals surface area (Å²) in [7, 11) is 0. The van der Waals surface area contributed by atoms with E-state index < -0.39 is 12.5 Å². The van der Waals surface area contributed by atoms with Gasteiger partial charge in [0.25, 0.3) is 5.88 Å². The van der Waals surface area contributed by atoms with Gasteiger partial charge < -0.3 is 24.9 Å². The molecule has 32 heavy (non-hydrogen) atoms. The molecule has 0 radical (unpaired) electrons. The summed E-state index contributed by atoms with van der Waals surface area (Å²) in [6.45, 7) is 6.44. The lowest BCUT2D eigenvalue weighted by Gasteiger charge is -2.31. The van der Waals surface area contributed by atoms with Crippen molar-refractivity contribution >= 4 is 17.6 Å². The summed E-state index contributed by atoms with van der Waals surface area (Å²) in [6.07, 6.45) is -3.07. The molecule has 0 spiro atoms. The molecular formula is C20H22F3N5O4. The van der Waals surface area contributed by atoms with Gasteiger partial charge in [0.1, 0.15) is 17.9 Å². The van der Waals surface area contributed by atoms with E-state index in [2.05, 4.69) is 32.1 Å². The summed E-state index contributed by atoms with van der Waals surface area (Å²) in [5, 5.41) is 12.3. The third-order valence-corrected chi connectivity index (χ3v) is 4.85. The first kappa shape index (κ1) is 23.0. The van der Waals surface area contributed by atoms with Crippen molar-refractivity contribution in [2.24, 2.45) is 0 Å². The van der Waals surface area contributed by atoms with Gasteiger partial charge in [0.05, 0.1) is 11.3 Å². The van der Waals surface area contributed by atoms with E-state index in [-0.39, 0.29) is 17.7 Å². The van der Waals surface area contributed by atoms with Crippen LogP contribution in [0.5, 0.6) is 11.6 Å². The van der Waals surface area contributed by atoms with Crippen LogP contribution in [0.1, 0.15) is 24.0 Å². The lowest BCUT2D eigenvalue weighted by atomic mass is 10.1. The number of hydrogen-bond acceptors (Lipinski definition) is 7. The smallest absolute Gasteiger partial charge is 0.465 e. The molecule has 0 bridgehead atoms. The number of benzene rings is 1. The van der Waals surface area contributed by atoms with Crippen LogP contribution in [0.4, 0.5) is 23.8 Å². The van der Waals surface area contributed by atoms with Gasteiger partial charge in [-0.1, -0.05) is 6.58 Å². The Kier molecular flexibility index (Phi) is 6.91. The Labute approximate surface area is 181 Å². The van der Waals surface area contributed by atoms with Gasteiger partial charge in [-0.15, -0.1) is 13.2 Å². The number of nitrogens with zero attached hydrogens (tertiary/aromatic N) is 3. The van der Waals surface area contributed by atoms with Crippen molar-refractivity contribution in [1.29, 1.82) is 0 Å². The van der Waals surface area contributed by atoms with Gasteiger partial charge >= 0.3 is 12.5 Å². The van der Waals surface area contributed by atoms with Crippen LogP contribution in [0.15, 0.2) is 37.2 Å². The first-order valence-electron chi connectivity index (χ1n) is 9.66. The molecule has 1 amide bonds. The number of ether oxygens (including phenoxy) is 1. The van der Waals surface area contributed by atoms with Crippen molar-refractivity contribution in [3.05, 3.63) is 48.3 Å².